The van der Waals surface area contributed by atoms with Crippen LogP contribution in [0.15, 0.2) is 77.3 Å². The molecule has 1 fully saturated rings. The SMILES string of the molecule is O=C(COC(=O)[C@@H]1CC(=O)N(c2ccc(-c3ccc([N+](=O)[O-])cc3)cc2)C1)c1ccc(Br)cc1. The summed E-state index contributed by atoms with van der Waals surface area (Å²) < 4.78 is 6.02. The number of hydrogen-bond donors (Lipinski definition) is 0. The third kappa shape index (κ3) is 5.20. The summed E-state index contributed by atoms with van der Waals surface area (Å²) in [5.74, 6) is -1.75. The van der Waals surface area contributed by atoms with Crippen LogP contribution in [0.4, 0.5) is 11.4 Å². The molecule has 3 aromatic carbocycles. The molecule has 1 atom stereocenters. The summed E-state index contributed by atoms with van der Waals surface area (Å²) in [7, 11) is 0. The lowest BCUT2D eigenvalue weighted by Crippen LogP contribution is -2.27. The van der Waals surface area contributed by atoms with Crippen molar-refractivity contribution in [3.63, 3.8) is 0 Å². The molecular weight excluding hydrogens is 504 g/mol. The number of ether oxygens (including phenoxy) is 1. The number of esters is 1. The van der Waals surface area contributed by atoms with Crippen LogP contribution < -0.4 is 4.90 Å². The predicted octanol–water partition coefficient (Wildman–Crippen LogP) is 4.80. The van der Waals surface area contributed by atoms with Gasteiger partial charge in [-0.25, -0.2) is 0 Å². The predicted molar refractivity (Wildman–Crippen MR) is 128 cm³/mol. The molecule has 0 bridgehead atoms. The molecule has 4 rings (SSSR count). The number of benzene rings is 3. The first kappa shape index (κ1) is 23.3. The van der Waals surface area contributed by atoms with E-state index in [1.807, 2.05) is 12.1 Å². The van der Waals surface area contributed by atoms with E-state index in [-0.39, 0.29) is 37.0 Å². The summed E-state index contributed by atoms with van der Waals surface area (Å²) in [5, 5.41) is 10.8. The molecule has 0 unspecified atom stereocenters. The van der Waals surface area contributed by atoms with Crippen molar-refractivity contribution >= 4 is 45.0 Å². The van der Waals surface area contributed by atoms with Crippen molar-refractivity contribution in [3.8, 4) is 11.1 Å². The number of amides is 1. The van der Waals surface area contributed by atoms with E-state index in [1.54, 1.807) is 48.5 Å². The number of non-ortho nitro benzene ring substituents is 1. The highest BCUT2D eigenvalue weighted by Crippen LogP contribution is 2.29. The van der Waals surface area contributed by atoms with Crippen molar-refractivity contribution in [2.45, 2.75) is 6.42 Å². The van der Waals surface area contributed by atoms with E-state index in [4.69, 9.17) is 4.74 Å². The van der Waals surface area contributed by atoms with Crippen LogP contribution in [0, 0.1) is 16.0 Å². The Morgan fingerprint density at radius 2 is 1.56 bits per heavy atom. The summed E-state index contributed by atoms with van der Waals surface area (Å²) >= 11 is 3.30. The fraction of sp³-hybridized carbons (Fsp3) is 0.160. The highest BCUT2D eigenvalue weighted by atomic mass is 79.9. The maximum absolute atomic E-state index is 12.5. The van der Waals surface area contributed by atoms with Crippen molar-refractivity contribution in [3.05, 3.63) is 92.9 Å². The van der Waals surface area contributed by atoms with Gasteiger partial charge in [0, 0.05) is 40.8 Å². The van der Waals surface area contributed by atoms with Crippen molar-refractivity contribution in [1.29, 1.82) is 0 Å². The van der Waals surface area contributed by atoms with Gasteiger partial charge < -0.3 is 9.64 Å². The summed E-state index contributed by atoms with van der Waals surface area (Å²) in [4.78, 5) is 49.1. The number of nitro benzene ring substituents is 1. The van der Waals surface area contributed by atoms with Crippen LogP contribution in [0.3, 0.4) is 0 Å². The molecule has 34 heavy (non-hydrogen) atoms. The van der Waals surface area contributed by atoms with Crippen LogP contribution in [0.1, 0.15) is 16.8 Å². The zero-order chi connectivity index (χ0) is 24.2. The number of nitro groups is 1. The highest BCUT2D eigenvalue weighted by Gasteiger charge is 2.36. The molecule has 0 radical (unpaired) electrons. The lowest BCUT2D eigenvalue weighted by molar-refractivity contribution is -0.384. The van der Waals surface area contributed by atoms with Gasteiger partial charge in [0.15, 0.2) is 12.4 Å². The average molecular weight is 523 g/mol. The quantitative estimate of drug-likeness (QED) is 0.191. The lowest BCUT2D eigenvalue weighted by Gasteiger charge is -2.17. The Hall–Kier alpha value is -3.85. The average Bonchev–Trinajstić information content (AvgIpc) is 3.24. The van der Waals surface area contributed by atoms with Gasteiger partial charge in [-0.1, -0.05) is 40.2 Å². The minimum atomic E-state index is -0.653. The first-order valence-electron chi connectivity index (χ1n) is 10.4. The van der Waals surface area contributed by atoms with Gasteiger partial charge in [-0.15, -0.1) is 0 Å². The summed E-state index contributed by atoms with van der Waals surface area (Å²) in [6.45, 7) is -0.212. The lowest BCUT2D eigenvalue weighted by atomic mass is 10.0. The van der Waals surface area contributed by atoms with Crippen LogP contribution in [0.2, 0.25) is 0 Å². The maximum atomic E-state index is 12.5. The second-order valence-electron chi connectivity index (χ2n) is 7.79. The van der Waals surface area contributed by atoms with E-state index < -0.39 is 16.8 Å². The largest absolute Gasteiger partial charge is 0.457 e. The van der Waals surface area contributed by atoms with Gasteiger partial charge in [-0.2, -0.15) is 0 Å². The standard InChI is InChI=1S/C25H19BrN2O6/c26-20-7-1-18(2-8-20)23(29)15-34-25(31)19-13-24(30)27(14-19)21-9-3-16(4-10-21)17-5-11-22(12-6-17)28(32)33/h1-12,19H,13-15H2/t19-/m1/s1. The number of anilines is 1. The fourth-order valence-corrected chi connectivity index (χ4v) is 3.96. The summed E-state index contributed by atoms with van der Waals surface area (Å²) in [6.07, 6.45) is 0.00934. The van der Waals surface area contributed by atoms with E-state index >= 15 is 0 Å². The molecule has 1 saturated heterocycles. The molecule has 0 aromatic heterocycles. The van der Waals surface area contributed by atoms with Crippen molar-refractivity contribution < 1.29 is 24.0 Å². The number of nitrogens with zero attached hydrogens (tertiary/aromatic N) is 2. The molecule has 9 heteroatoms. The van der Waals surface area contributed by atoms with Crippen LogP contribution >= 0.6 is 15.9 Å². The smallest absolute Gasteiger partial charge is 0.311 e. The van der Waals surface area contributed by atoms with Crippen LogP contribution in [0.5, 0.6) is 0 Å². The molecule has 172 valence electrons. The Bertz CT molecular complexity index is 1240. The van der Waals surface area contributed by atoms with Crippen molar-refractivity contribution in [2.75, 3.05) is 18.1 Å². The highest BCUT2D eigenvalue weighted by molar-refractivity contribution is 9.10. The van der Waals surface area contributed by atoms with Crippen molar-refractivity contribution in [1.82, 2.24) is 0 Å². The Morgan fingerprint density at radius 3 is 2.15 bits per heavy atom. The molecule has 1 amide bonds. The van der Waals surface area contributed by atoms with Crippen LogP contribution in [0.25, 0.3) is 11.1 Å². The van der Waals surface area contributed by atoms with E-state index in [0.29, 0.717) is 11.3 Å². The van der Waals surface area contributed by atoms with Gasteiger partial charge in [-0.05, 0) is 47.5 Å². The van der Waals surface area contributed by atoms with Gasteiger partial charge in [0.25, 0.3) is 5.69 Å². The topological polar surface area (TPSA) is 107 Å². The molecule has 0 spiro atoms. The Balaban J connectivity index is 1.36. The third-order valence-corrected chi connectivity index (χ3v) is 6.09. The summed E-state index contributed by atoms with van der Waals surface area (Å²) in [5.41, 5.74) is 2.74. The number of Topliss-reactive ketones (excluding diaryl/α,β-unsaturated/α-hetero) is 1. The Kier molecular flexibility index (Phi) is 6.83. The molecule has 3 aromatic rings. The van der Waals surface area contributed by atoms with Gasteiger partial charge in [0.2, 0.25) is 5.91 Å². The second-order valence-corrected chi connectivity index (χ2v) is 8.71. The number of carbonyl (C=O) groups is 3. The first-order chi connectivity index (χ1) is 16.3. The molecule has 0 aliphatic carbocycles. The molecule has 8 nitrogen and oxygen atoms in total. The number of rotatable bonds is 7. The van der Waals surface area contributed by atoms with Crippen LogP contribution in [-0.4, -0.2) is 35.7 Å². The van der Waals surface area contributed by atoms with Gasteiger partial charge in [0.05, 0.1) is 10.8 Å². The fourth-order valence-electron chi connectivity index (χ4n) is 3.70. The van der Waals surface area contributed by atoms with Crippen molar-refractivity contribution in [2.24, 2.45) is 5.92 Å². The zero-order valence-electron chi connectivity index (χ0n) is 17.8. The Morgan fingerprint density at radius 1 is 0.971 bits per heavy atom. The van der Waals surface area contributed by atoms with E-state index in [9.17, 15) is 24.5 Å². The molecule has 1 aliphatic heterocycles. The van der Waals surface area contributed by atoms with Gasteiger partial charge in [-0.3, -0.25) is 24.5 Å². The third-order valence-electron chi connectivity index (χ3n) is 5.56. The van der Waals surface area contributed by atoms with Gasteiger partial charge >= 0.3 is 5.97 Å². The second kappa shape index (κ2) is 9.96. The monoisotopic (exact) mass is 522 g/mol. The van der Waals surface area contributed by atoms with E-state index in [0.717, 1.165) is 15.6 Å². The molecule has 0 saturated carbocycles. The summed E-state index contributed by atoms with van der Waals surface area (Å²) in [6, 6.07) is 20.1. The normalized spacial score (nSPS) is 15.3. The number of carbonyl (C=O) groups excluding carboxylic acids is 3. The molecule has 1 heterocycles. The number of hydrogen-bond acceptors (Lipinski definition) is 6. The molecule has 1 aliphatic rings. The number of ketones is 1. The Labute approximate surface area is 203 Å². The molecular formula is C25H19BrN2O6. The zero-order valence-corrected chi connectivity index (χ0v) is 19.4. The minimum Gasteiger partial charge on any atom is -0.457 e. The van der Waals surface area contributed by atoms with Crippen LogP contribution in [-0.2, 0) is 14.3 Å². The first-order valence-corrected chi connectivity index (χ1v) is 11.2. The minimum absolute atomic E-state index is 0.00934. The van der Waals surface area contributed by atoms with Gasteiger partial charge in [0.1, 0.15) is 0 Å². The number of halogens is 1. The maximum Gasteiger partial charge on any atom is 0.311 e. The van der Waals surface area contributed by atoms with E-state index in [2.05, 4.69) is 15.9 Å². The molecule has 0 N–H and O–H groups in total. The van der Waals surface area contributed by atoms with E-state index in [1.165, 1.54) is 17.0 Å².